The predicted octanol–water partition coefficient (Wildman–Crippen LogP) is 2.53. The number of nitrogens with zero attached hydrogens (tertiary/aromatic N) is 3. The zero-order chi connectivity index (χ0) is 23.5. The standard InChI is InChI=1S/C22H24N6O4S/c1-24-22-27-15-9-12(6-7-17(15)33-22)16-5-3-4-8-28(16)21(31)19(30)26-13-10-14(18(23)29)20(32-2)25-11-13/h6-7,9-11,16H,3-5,8H2,1-2H3,(H2,23,29)(H,24,27)(H,26,30)/t16-/m0/s1. The first-order valence-corrected chi connectivity index (χ1v) is 11.3. The average Bonchev–Trinajstić information content (AvgIpc) is 3.26. The second-order valence-electron chi connectivity index (χ2n) is 7.61. The zero-order valence-electron chi connectivity index (χ0n) is 18.3. The third-order valence-corrected chi connectivity index (χ3v) is 6.59. The van der Waals surface area contributed by atoms with Crippen LogP contribution in [-0.2, 0) is 9.59 Å². The van der Waals surface area contributed by atoms with Gasteiger partial charge < -0.3 is 26.0 Å². The smallest absolute Gasteiger partial charge is 0.313 e. The van der Waals surface area contributed by atoms with Crippen molar-refractivity contribution in [2.45, 2.75) is 25.3 Å². The van der Waals surface area contributed by atoms with Crippen LogP contribution in [0.4, 0.5) is 10.8 Å². The summed E-state index contributed by atoms with van der Waals surface area (Å²) < 4.78 is 6.05. The molecule has 33 heavy (non-hydrogen) atoms. The Hall–Kier alpha value is -3.73. The number of ether oxygens (including phenoxy) is 1. The fraction of sp³-hybridized carbons (Fsp3) is 0.318. The summed E-state index contributed by atoms with van der Waals surface area (Å²) in [4.78, 5) is 47.6. The van der Waals surface area contributed by atoms with Gasteiger partial charge in [0, 0.05) is 13.6 Å². The molecule has 2 aromatic heterocycles. The summed E-state index contributed by atoms with van der Waals surface area (Å²) in [6, 6.07) is 7.07. The number of carbonyl (C=O) groups excluding carboxylic acids is 3. The number of aromatic nitrogens is 2. The third-order valence-electron chi connectivity index (χ3n) is 5.54. The van der Waals surface area contributed by atoms with Gasteiger partial charge in [-0.1, -0.05) is 17.4 Å². The van der Waals surface area contributed by atoms with Gasteiger partial charge in [-0.05, 0) is 43.0 Å². The number of piperidine rings is 1. The second kappa shape index (κ2) is 9.41. The molecule has 11 heteroatoms. The minimum absolute atomic E-state index is 0.0103. The van der Waals surface area contributed by atoms with Crippen molar-refractivity contribution in [1.82, 2.24) is 14.9 Å². The van der Waals surface area contributed by atoms with Gasteiger partial charge >= 0.3 is 11.8 Å². The van der Waals surface area contributed by atoms with E-state index < -0.39 is 17.7 Å². The molecular weight excluding hydrogens is 444 g/mol. The number of benzene rings is 1. The van der Waals surface area contributed by atoms with Crippen molar-refractivity contribution >= 4 is 50.1 Å². The molecule has 1 fully saturated rings. The monoisotopic (exact) mass is 468 g/mol. The summed E-state index contributed by atoms with van der Waals surface area (Å²) in [6.45, 7) is 0.473. The van der Waals surface area contributed by atoms with Gasteiger partial charge in [-0.2, -0.15) is 0 Å². The topological polar surface area (TPSA) is 140 Å². The van der Waals surface area contributed by atoms with Crippen LogP contribution in [0.25, 0.3) is 10.2 Å². The zero-order valence-corrected chi connectivity index (χ0v) is 19.1. The molecule has 0 saturated carbocycles. The first kappa shape index (κ1) is 22.5. The van der Waals surface area contributed by atoms with E-state index in [0.717, 1.165) is 40.2 Å². The number of fused-ring (bicyclic) bond motifs is 1. The number of rotatable bonds is 5. The summed E-state index contributed by atoms with van der Waals surface area (Å²) >= 11 is 1.56. The van der Waals surface area contributed by atoms with E-state index in [2.05, 4.69) is 20.6 Å². The largest absolute Gasteiger partial charge is 0.480 e. The van der Waals surface area contributed by atoms with Crippen LogP contribution in [0.15, 0.2) is 30.5 Å². The normalized spacial score (nSPS) is 15.8. The minimum Gasteiger partial charge on any atom is -0.480 e. The SMILES string of the molecule is CNc1nc2cc([C@@H]3CCCCN3C(=O)C(=O)Nc3cnc(OC)c(C(N)=O)c3)ccc2s1. The number of primary amides is 1. The van der Waals surface area contributed by atoms with E-state index in [9.17, 15) is 14.4 Å². The fourth-order valence-electron chi connectivity index (χ4n) is 3.95. The average molecular weight is 469 g/mol. The summed E-state index contributed by atoms with van der Waals surface area (Å²) in [5.74, 6) is -2.17. The molecule has 172 valence electrons. The van der Waals surface area contributed by atoms with Crippen molar-refractivity contribution in [1.29, 1.82) is 0 Å². The summed E-state index contributed by atoms with van der Waals surface area (Å²) in [7, 11) is 3.18. The van der Waals surface area contributed by atoms with Crippen molar-refractivity contribution < 1.29 is 19.1 Å². The summed E-state index contributed by atoms with van der Waals surface area (Å²) in [5.41, 5.74) is 7.33. The highest BCUT2D eigenvalue weighted by atomic mass is 32.1. The lowest BCUT2D eigenvalue weighted by Crippen LogP contribution is -2.44. The number of methoxy groups -OCH3 is 1. The quantitative estimate of drug-likeness (QED) is 0.489. The van der Waals surface area contributed by atoms with Gasteiger partial charge in [0.2, 0.25) is 5.88 Å². The fourth-order valence-corrected chi connectivity index (χ4v) is 4.75. The van der Waals surface area contributed by atoms with E-state index in [1.807, 2.05) is 25.2 Å². The molecule has 10 nitrogen and oxygen atoms in total. The molecule has 4 N–H and O–H groups in total. The molecule has 0 unspecified atom stereocenters. The first-order chi connectivity index (χ1) is 15.9. The molecule has 0 aliphatic carbocycles. The van der Waals surface area contributed by atoms with E-state index >= 15 is 0 Å². The highest BCUT2D eigenvalue weighted by molar-refractivity contribution is 7.22. The van der Waals surface area contributed by atoms with E-state index in [0.29, 0.717) is 6.54 Å². The van der Waals surface area contributed by atoms with Gasteiger partial charge in [0.1, 0.15) is 5.56 Å². The van der Waals surface area contributed by atoms with Crippen molar-refractivity contribution in [3.8, 4) is 5.88 Å². The number of likely N-dealkylation sites (tertiary alicyclic amines) is 1. The second-order valence-corrected chi connectivity index (χ2v) is 8.64. The highest BCUT2D eigenvalue weighted by Crippen LogP contribution is 2.34. The van der Waals surface area contributed by atoms with Gasteiger partial charge in [0.25, 0.3) is 5.91 Å². The Morgan fingerprint density at radius 1 is 1.24 bits per heavy atom. The maximum atomic E-state index is 13.1. The Morgan fingerprint density at radius 3 is 2.79 bits per heavy atom. The van der Waals surface area contributed by atoms with Crippen LogP contribution in [0.5, 0.6) is 5.88 Å². The highest BCUT2D eigenvalue weighted by Gasteiger charge is 2.32. The van der Waals surface area contributed by atoms with E-state index in [-0.39, 0.29) is 23.2 Å². The lowest BCUT2D eigenvalue weighted by atomic mass is 9.95. The van der Waals surface area contributed by atoms with Crippen LogP contribution in [-0.4, -0.2) is 53.3 Å². The van der Waals surface area contributed by atoms with Gasteiger partial charge in [0.05, 0.1) is 35.3 Å². The molecule has 3 heterocycles. The molecule has 0 radical (unpaired) electrons. The molecule has 1 aliphatic rings. The molecule has 1 aromatic carbocycles. The number of thiazole rings is 1. The number of pyridine rings is 1. The molecular formula is C22H24N6O4S. The molecule has 1 saturated heterocycles. The van der Waals surface area contributed by atoms with Crippen LogP contribution in [0.2, 0.25) is 0 Å². The minimum atomic E-state index is -0.809. The van der Waals surface area contributed by atoms with E-state index in [1.54, 1.807) is 16.2 Å². The Morgan fingerprint density at radius 2 is 2.06 bits per heavy atom. The Kier molecular flexibility index (Phi) is 6.40. The van der Waals surface area contributed by atoms with Gasteiger partial charge in [0.15, 0.2) is 5.13 Å². The van der Waals surface area contributed by atoms with E-state index in [4.69, 9.17) is 10.5 Å². The van der Waals surface area contributed by atoms with Crippen molar-refractivity contribution in [2.24, 2.45) is 5.73 Å². The number of carbonyl (C=O) groups is 3. The molecule has 0 spiro atoms. The number of amides is 3. The Bertz CT molecular complexity index is 1230. The van der Waals surface area contributed by atoms with Crippen LogP contribution in [0.1, 0.15) is 41.2 Å². The first-order valence-electron chi connectivity index (χ1n) is 10.4. The maximum Gasteiger partial charge on any atom is 0.313 e. The van der Waals surface area contributed by atoms with E-state index in [1.165, 1.54) is 19.4 Å². The third kappa shape index (κ3) is 4.58. The summed E-state index contributed by atoms with van der Waals surface area (Å²) in [5, 5.41) is 6.39. The lowest BCUT2D eigenvalue weighted by molar-refractivity contribution is -0.145. The molecule has 4 rings (SSSR count). The number of nitrogens with one attached hydrogen (secondary N) is 2. The van der Waals surface area contributed by atoms with Crippen LogP contribution in [0.3, 0.4) is 0 Å². The Balaban J connectivity index is 1.55. The number of hydrogen-bond donors (Lipinski definition) is 3. The van der Waals surface area contributed by atoms with Crippen molar-refractivity contribution in [2.75, 3.05) is 31.3 Å². The molecule has 0 bridgehead atoms. The molecule has 1 aliphatic heterocycles. The predicted molar refractivity (Wildman–Crippen MR) is 125 cm³/mol. The van der Waals surface area contributed by atoms with Crippen molar-refractivity contribution in [3.05, 3.63) is 41.6 Å². The summed E-state index contributed by atoms with van der Waals surface area (Å²) in [6.07, 6.45) is 3.83. The van der Waals surface area contributed by atoms with Crippen LogP contribution in [0, 0.1) is 0 Å². The lowest BCUT2D eigenvalue weighted by Gasteiger charge is -2.35. The Labute approximate surface area is 194 Å². The maximum absolute atomic E-state index is 13.1. The van der Waals surface area contributed by atoms with Crippen molar-refractivity contribution in [3.63, 3.8) is 0 Å². The molecule has 1 atom stereocenters. The van der Waals surface area contributed by atoms with Gasteiger partial charge in [-0.3, -0.25) is 14.4 Å². The van der Waals surface area contributed by atoms with Crippen LogP contribution >= 0.6 is 11.3 Å². The molecule has 3 amide bonds. The number of anilines is 2. The number of nitrogens with two attached hydrogens (primary N) is 1. The van der Waals surface area contributed by atoms with Gasteiger partial charge in [-0.15, -0.1) is 0 Å². The van der Waals surface area contributed by atoms with Crippen LogP contribution < -0.4 is 21.1 Å². The number of hydrogen-bond acceptors (Lipinski definition) is 8. The molecule has 3 aromatic rings. The van der Waals surface area contributed by atoms with Gasteiger partial charge in [-0.25, -0.2) is 9.97 Å².